The molecule has 1 rings (SSSR count). The van der Waals surface area contributed by atoms with Gasteiger partial charge in [0, 0.05) is 26.2 Å². The van der Waals surface area contributed by atoms with Crippen LogP contribution in [-0.4, -0.2) is 63.3 Å². The first-order valence-electron chi connectivity index (χ1n) is 6.10. The normalized spacial score (nSPS) is 18.1. The summed E-state index contributed by atoms with van der Waals surface area (Å²) in [5, 5.41) is 6.18. The molecule has 1 saturated heterocycles. The van der Waals surface area contributed by atoms with E-state index in [0.29, 0.717) is 26.3 Å². The minimum absolute atomic E-state index is 0.0987. The van der Waals surface area contributed by atoms with Gasteiger partial charge in [-0.15, -0.1) is 0 Å². The van der Waals surface area contributed by atoms with Gasteiger partial charge in [-0.1, -0.05) is 0 Å². The van der Waals surface area contributed by atoms with Crippen molar-refractivity contribution in [3.05, 3.63) is 0 Å². The number of hydrogen-bond acceptors (Lipinski definition) is 4. The number of rotatable bonds is 6. The highest BCUT2D eigenvalue weighted by Gasteiger charge is 2.11. The Bertz CT molecular complexity index is 192. The van der Waals surface area contributed by atoms with Crippen molar-refractivity contribution in [3.63, 3.8) is 0 Å². The average molecular weight is 229 g/mol. The maximum atomic E-state index is 11.6. The minimum atomic E-state index is 0.0987. The van der Waals surface area contributed by atoms with Crippen LogP contribution in [0.15, 0.2) is 0 Å². The highest BCUT2D eigenvalue weighted by atomic mass is 16.5. The van der Waals surface area contributed by atoms with Crippen molar-refractivity contribution in [3.8, 4) is 0 Å². The monoisotopic (exact) mass is 229 g/mol. The molecule has 94 valence electrons. The molecule has 1 aliphatic rings. The first-order chi connectivity index (χ1) is 7.83. The van der Waals surface area contributed by atoms with Crippen LogP contribution in [0, 0.1) is 0 Å². The number of nitrogens with one attached hydrogen (secondary N) is 2. The first kappa shape index (κ1) is 13.4. The van der Waals surface area contributed by atoms with E-state index in [-0.39, 0.29) is 5.91 Å². The van der Waals surface area contributed by atoms with Gasteiger partial charge in [0.1, 0.15) is 0 Å². The Morgan fingerprint density at radius 1 is 1.44 bits per heavy atom. The second kappa shape index (κ2) is 8.50. The zero-order valence-electron chi connectivity index (χ0n) is 10.1. The number of hydrogen-bond donors (Lipinski definition) is 2. The van der Waals surface area contributed by atoms with E-state index in [1.807, 2.05) is 6.92 Å². The van der Waals surface area contributed by atoms with Gasteiger partial charge in [-0.05, 0) is 26.4 Å². The Morgan fingerprint density at radius 2 is 2.31 bits per heavy atom. The van der Waals surface area contributed by atoms with Gasteiger partial charge >= 0.3 is 0 Å². The fourth-order valence-electron chi connectivity index (χ4n) is 1.73. The topological polar surface area (TPSA) is 53.6 Å². The summed E-state index contributed by atoms with van der Waals surface area (Å²) in [5.41, 5.74) is 0. The molecule has 0 aromatic carbocycles. The smallest absolute Gasteiger partial charge is 0.234 e. The Balaban J connectivity index is 2.07. The third kappa shape index (κ3) is 6.05. The molecule has 0 bridgehead atoms. The summed E-state index contributed by atoms with van der Waals surface area (Å²) in [6, 6.07) is 0. The number of carbonyl (C=O) groups excluding carboxylic acids is 1. The van der Waals surface area contributed by atoms with Gasteiger partial charge in [0.05, 0.1) is 13.2 Å². The Morgan fingerprint density at radius 3 is 3.12 bits per heavy atom. The molecule has 5 nitrogen and oxygen atoms in total. The first-order valence-corrected chi connectivity index (χ1v) is 6.10. The fourth-order valence-corrected chi connectivity index (χ4v) is 1.73. The summed E-state index contributed by atoms with van der Waals surface area (Å²) in [6.45, 7) is 8.37. The molecular weight excluding hydrogens is 206 g/mol. The lowest BCUT2D eigenvalue weighted by Crippen LogP contribution is -2.39. The summed E-state index contributed by atoms with van der Waals surface area (Å²) >= 11 is 0. The number of carbonyl (C=O) groups is 1. The van der Waals surface area contributed by atoms with Crippen molar-refractivity contribution < 1.29 is 9.53 Å². The number of amides is 1. The van der Waals surface area contributed by atoms with Gasteiger partial charge in [-0.3, -0.25) is 9.69 Å². The van der Waals surface area contributed by atoms with Crippen molar-refractivity contribution >= 4 is 5.91 Å². The van der Waals surface area contributed by atoms with Crippen LogP contribution >= 0.6 is 0 Å². The van der Waals surface area contributed by atoms with Crippen molar-refractivity contribution in [1.82, 2.24) is 15.5 Å². The van der Waals surface area contributed by atoms with Crippen LogP contribution in [0.1, 0.15) is 13.3 Å². The lowest BCUT2D eigenvalue weighted by molar-refractivity contribution is -0.122. The lowest BCUT2D eigenvalue weighted by Gasteiger charge is -2.18. The van der Waals surface area contributed by atoms with Crippen LogP contribution in [0.5, 0.6) is 0 Å². The SMILES string of the molecule is CCOCCNC(=O)CN1CCCNCC1. The molecule has 0 aliphatic carbocycles. The molecule has 1 amide bonds. The molecule has 0 radical (unpaired) electrons. The average Bonchev–Trinajstić information content (AvgIpc) is 2.53. The third-order valence-electron chi connectivity index (χ3n) is 2.57. The molecular formula is C11H23N3O2. The molecule has 0 spiro atoms. The summed E-state index contributed by atoms with van der Waals surface area (Å²) in [4.78, 5) is 13.7. The predicted molar refractivity (Wildman–Crippen MR) is 63.4 cm³/mol. The van der Waals surface area contributed by atoms with Gasteiger partial charge < -0.3 is 15.4 Å². The zero-order valence-corrected chi connectivity index (χ0v) is 10.1. The molecule has 0 saturated carbocycles. The van der Waals surface area contributed by atoms with E-state index in [2.05, 4.69) is 15.5 Å². The molecule has 0 aromatic rings. The summed E-state index contributed by atoms with van der Waals surface area (Å²) in [7, 11) is 0. The number of ether oxygens (including phenoxy) is 1. The van der Waals surface area contributed by atoms with E-state index in [4.69, 9.17) is 4.74 Å². The summed E-state index contributed by atoms with van der Waals surface area (Å²) < 4.78 is 5.16. The molecule has 2 N–H and O–H groups in total. The van der Waals surface area contributed by atoms with Crippen molar-refractivity contribution in [2.24, 2.45) is 0 Å². The van der Waals surface area contributed by atoms with Crippen LogP contribution in [0.25, 0.3) is 0 Å². The second-order valence-electron chi connectivity index (χ2n) is 3.93. The molecule has 1 aliphatic heterocycles. The van der Waals surface area contributed by atoms with Crippen LogP contribution < -0.4 is 10.6 Å². The van der Waals surface area contributed by atoms with E-state index < -0.39 is 0 Å². The largest absolute Gasteiger partial charge is 0.380 e. The van der Waals surface area contributed by atoms with Crippen LogP contribution in [0.3, 0.4) is 0 Å². The highest BCUT2D eigenvalue weighted by Crippen LogP contribution is 1.94. The van der Waals surface area contributed by atoms with Crippen molar-refractivity contribution in [2.75, 3.05) is 52.5 Å². The Kier molecular flexibility index (Phi) is 7.12. The van der Waals surface area contributed by atoms with Gasteiger partial charge in [0.2, 0.25) is 5.91 Å². The zero-order chi connectivity index (χ0) is 11.6. The van der Waals surface area contributed by atoms with E-state index in [1.165, 1.54) is 0 Å². The Hall–Kier alpha value is -0.650. The fraction of sp³-hybridized carbons (Fsp3) is 0.909. The molecule has 1 heterocycles. The molecule has 0 atom stereocenters. The third-order valence-corrected chi connectivity index (χ3v) is 2.57. The second-order valence-corrected chi connectivity index (χ2v) is 3.93. The van der Waals surface area contributed by atoms with Gasteiger partial charge in [-0.2, -0.15) is 0 Å². The minimum Gasteiger partial charge on any atom is -0.380 e. The van der Waals surface area contributed by atoms with Crippen molar-refractivity contribution in [2.45, 2.75) is 13.3 Å². The summed E-state index contributed by atoms with van der Waals surface area (Å²) in [6.07, 6.45) is 1.12. The Labute approximate surface area is 97.5 Å². The summed E-state index contributed by atoms with van der Waals surface area (Å²) in [5.74, 6) is 0.0987. The molecule has 16 heavy (non-hydrogen) atoms. The predicted octanol–water partition coefficient (Wildman–Crippen LogP) is -0.566. The maximum Gasteiger partial charge on any atom is 0.234 e. The van der Waals surface area contributed by atoms with Crippen LogP contribution in [0.4, 0.5) is 0 Å². The molecule has 1 fully saturated rings. The van der Waals surface area contributed by atoms with E-state index in [0.717, 1.165) is 32.6 Å². The van der Waals surface area contributed by atoms with Crippen LogP contribution in [-0.2, 0) is 9.53 Å². The maximum absolute atomic E-state index is 11.6. The van der Waals surface area contributed by atoms with E-state index in [1.54, 1.807) is 0 Å². The molecule has 0 aromatic heterocycles. The standard InChI is InChI=1S/C11H23N3O2/c1-2-16-9-6-13-11(15)10-14-7-3-4-12-5-8-14/h12H,2-10H2,1H3,(H,13,15). The van der Waals surface area contributed by atoms with Gasteiger partial charge in [0.15, 0.2) is 0 Å². The van der Waals surface area contributed by atoms with E-state index >= 15 is 0 Å². The quantitative estimate of drug-likeness (QED) is 0.599. The molecule has 0 unspecified atom stereocenters. The number of nitrogens with zero attached hydrogens (tertiary/aromatic N) is 1. The van der Waals surface area contributed by atoms with Crippen molar-refractivity contribution in [1.29, 1.82) is 0 Å². The highest BCUT2D eigenvalue weighted by molar-refractivity contribution is 5.77. The van der Waals surface area contributed by atoms with Crippen LogP contribution in [0.2, 0.25) is 0 Å². The molecule has 5 heteroatoms. The van der Waals surface area contributed by atoms with E-state index in [9.17, 15) is 4.79 Å². The lowest BCUT2D eigenvalue weighted by atomic mass is 10.4. The van der Waals surface area contributed by atoms with Gasteiger partial charge in [0.25, 0.3) is 0 Å². The van der Waals surface area contributed by atoms with Gasteiger partial charge in [-0.25, -0.2) is 0 Å².